The molecule has 2 aromatic rings. The van der Waals surface area contributed by atoms with Gasteiger partial charge in [0.2, 0.25) is 11.8 Å². The maximum atomic E-state index is 14.2. The second-order valence-corrected chi connectivity index (χ2v) is 7.41. The zero-order chi connectivity index (χ0) is 22.3. The number of piperidine rings is 1. The highest BCUT2D eigenvalue weighted by molar-refractivity contribution is 6.24. The highest BCUT2D eigenvalue weighted by Crippen LogP contribution is 2.30. The first-order valence-corrected chi connectivity index (χ1v) is 9.66. The standard InChI is InChI=1S/C22H18FN3O5/c1-11-4-2-7-14(18(11)23)19(28)24-10-12-5-3-6-13-17(12)22(31)26(21(13)30)15-8-9-16(27)25-20(15)29/h2-7,15H,8-10H2,1H3,(H,24,28)(H,25,27,29). The van der Waals surface area contributed by atoms with Crippen LogP contribution in [0.15, 0.2) is 36.4 Å². The number of nitrogens with one attached hydrogen (secondary N) is 2. The number of carbonyl (C=O) groups is 5. The number of benzene rings is 2. The molecule has 0 aromatic heterocycles. The second-order valence-electron chi connectivity index (χ2n) is 7.41. The van der Waals surface area contributed by atoms with Gasteiger partial charge in [0, 0.05) is 13.0 Å². The van der Waals surface area contributed by atoms with Crippen LogP contribution < -0.4 is 10.6 Å². The van der Waals surface area contributed by atoms with Crippen molar-refractivity contribution in [3.8, 4) is 0 Å². The molecule has 1 atom stereocenters. The summed E-state index contributed by atoms with van der Waals surface area (Å²) < 4.78 is 14.2. The van der Waals surface area contributed by atoms with E-state index in [0.29, 0.717) is 11.1 Å². The highest BCUT2D eigenvalue weighted by atomic mass is 19.1. The lowest BCUT2D eigenvalue weighted by atomic mass is 10.0. The first-order chi connectivity index (χ1) is 14.8. The van der Waals surface area contributed by atoms with Gasteiger partial charge >= 0.3 is 0 Å². The summed E-state index contributed by atoms with van der Waals surface area (Å²) in [5, 5.41) is 4.71. The molecule has 2 aromatic carbocycles. The van der Waals surface area contributed by atoms with Crippen molar-refractivity contribution < 1.29 is 28.4 Å². The van der Waals surface area contributed by atoms with Crippen LogP contribution in [-0.4, -0.2) is 40.5 Å². The van der Waals surface area contributed by atoms with Gasteiger partial charge < -0.3 is 5.32 Å². The third kappa shape index (κ3) is 3.48. The van der Waals surface area contributed by atoms with Crippen molar-refractivity contribution in [1.82, 2.24) is 15.5 Å². The molecule has 2 aliphatic rings. The van der Waals surface area contributed by atoms with Gasteiger partial charge in [-0.3, -0.25) is 34.2 Å². The van der Waals surface area contributed by atoms with E-state index in [2.05, 4.69) is 10.6 Å². The molecule has 4 rings (SSSR count). The number of hydrogen-bond donors (Lipinski definition) is 2. The lowest BCUT2D eigenvalue weighted by Crippen LogP contribution is -2.54. The number of carbonyl (C=O) groups excluding carboxylic acids is 5. The maximum Gasteiger partial charge on any atom is 0.262 e. The minimum atomic E-state index is -1.08. The van der Waals surface area contributed by atoms with E-state index in [9.17, 15) is 28.4 Å². The third-order valence-corrected chi connectivity index (χ3v) is 5.43. The van der Waals surface area contributed by atoms with Crippen LogP contribution in [-0.2, 0) is 16.1 Å². The van der Waals surface area contributed by atoms with E-state index in [4.69, 9.17) is 0 Å². The third-order valence-electron chi connectivity index (χ3n) is 5.43. The number of amides is 5. The van der Waals surface area contributed by atoms with Gasteiger partial charge in [-0.1, -0.05) is 24.3 Å². The van der Waals surface area contributed by atoms with Gasteiger partial charge in [0.05, 0.1) is 16.7 Å². The van der Waals surface area contributed by atoms with Crippen molar-refractivity contribution in [2.45, 2.75) is 32.4 Å². The Balaban J connectivity index is 1.58. The quantitative estimate of drug-likeness (QED) is 0.723. The van der Waals surface area contributed by atoms with Crippen LogP contribution in [0.3, 0.4) is 0 Å². The van der Waals surface area contributed by atoms with Gasteiger partial charge in [0.1, 0.15) is 11.9 Å². The average Bonchev–Trinajstić information content (AvgIpc) is 2.99. The molecular formula is C22H18FN3O5. The zero-order valence-electron chi connectivity index (χ0n) is 16.5. The van der Waals surface area contributed by atoms with Crippen molar-refractivity contribution in [3.63, 3.8) is 0 Å². The summed E-state index contributed by atoms with van der Waals surface area (Å²) in [6, 6.07) is 7.99. The van der Waals surface area contributed by atoms with Gasteiger partial charge in [-0.25, -0.2) is 4.39 Å². The molecule has 2 N–H and O–H groups in total. The minimum absolute atomic E-state index is 0.0226. The normalized spacial score (nSPS) is 18.1. The van der Waals surface area contributed by atoms with Crippen molar-refractivity contribution in [1.29, 1.82) is 0 Å². The molecule has 0 radical (unpaired) electrons. The number of hydrogen-bond acceptors (Lipinski definition) is 5. The van der Waals surface area contributed by atoms with E-state index in [-0.39, 0.29) is 36.1 Å². The molecule has 1 unspecified atom stereocenters. The number of fused-ring (bicyclic) bond motifs is 1. The summed E-state index contributed by atoms with van der Waals surface area (Å²) in [5.41, 5.74) is 0.770. The number of aryl methyl sites for hydroxylation is 1. The number of imide groups is 2. The van der Waals surface area contributed by atoms with Crippen molar-refractivity contribution in [2.24, 2.45) is 0 Å². The van der Waals surface area contributed by atoms with Gasteiger partial charge in [-0.05, 0) is 36.6 Å². The topological polar surface area (TPSA) is 113 Å². The second kappa shape index (κ2) is 7.75. The van der Waals surface area contributed by atoms with Crippen LogP contribution in [0.1, 0.15) is 55.0 Å². The van der Waals surface area contributed by atoms with E-state index in [1.54, 1.807) is 31.2 Å². The molecule has 5 amide bonds. The smallest absolute Gasteiger partial charge is 0.262 e. The maximum absolute atomic E-state index is 14.2. The zero-order valence-corrected chi connectivity index (χ0v) is 16.5. The van der Waals surface area contributed by atoms with Crippen LogP contribution in [0, 0.1) is 12.7 Å². The van der Waals surface area contributed by atoms with E-state index in [0.717, 1.165) is 4.90 Å². The van der Waals surface area contributed by atoms with Crippen LogP contribution >= 0.6 is 0 Å². The Morgan fingerprint density at radius 1 is 1.13 bits per heavy atom. The summed E-state index contributed by atoms with van der Waals surface area (Å²) >= 11 is 0. The molecule has 31 heavy (non-hydrogen) atoms. The predicted octanol–water partition coefficient (Wildman–Crippen LogP) is 1.47. The monoisotopic (exact) mass is 423 g/mol. The highest BCUT2D eigenvalue weighted by Gasteiger charge is 2.45. The Bertz CT molecular complexity index is 1160. The Hall–Kier alpha value is -3.88. The Labute approximate surface area is 176 Å². The van der Waals surface area contributed by atoms with E-state index in [1.165, 1.54) is 12.1 Å². The Morgan fingerprint density at radius 2 is 1.87 bits per heavy atom. The van der Waals surface area contributed by atoms with Crippen molar-refractivity contribution >= 4 is 29.5 Å². The fourth-order valence-electron chi connectivity index (χ4n) is 3.83. The summed E-state index contributed by atoms with van der Waals surface area (Å²) in [4.78, 5) is 62.7. The van der Waals surface area contributed by atoms with Gasteiger partial charge in [0.25, 0.3) is 17.7 Å². The summed E-state index contributed by atoms with van der Waals surface area (Å²) in [7, 11) is 0. The molecule has 9 heteroatoms. The van der Waals surface area contributed by atoms with Gasteiger partial charge in [-0.2, -0.15) is 0 Å². The molecule has 158 valence electrons. The largest absolute Gasteiger partial charge is 0.348 e. The van der Waals surface area contributed by atoms with Crippen molar-refractivity contribution in [2.75, 3.05) is 0 Å². The lowest BCUT2D eigenvalue weighted by molar-refractivity contribution is -0.136. The molecule has 2 aliphatic heterocycles. The van der Waals surface area contributed by atoms with Crippen molar-refractivity contribution in [3.05, 3.63) is 70.0 Å². The Kier molecular flexibility index (Phi) is 5.10. The molecular weight excluding hydrogens is 405 g/mol. The Morgan fingerprint density at radius 3 is 2.61 bits per heavy atom. The summed E-state index contributed by atoms with van der Waals surface area (Å²) in [6.45, 7) is 1.43. The molecule has 0 spiro atoms. The van der Waals surface area contributed by atoms with Crippen LogP contribution in [0.25, 0.3) is 0 Å². The molecule has 0 bridgehead atoms. The minimum Gasteiger partial charge on any atom is -0.348 e. The van der Waals surface area contributed by atoms with Gasteiger partial charge in [-0.15, -0.1) is 0 Å². The first kappa shape index (κ1) is 20.4. The fourth-order valence-corrected chi connectivity index (χ4v) is 3.83. The number of rotatable bonds is 4. The molecule has 1 fully saturated rings. The molecule has 0 aliphatic carbocycles. The van der Waals surface area contributed by atoms with Crippen LogP contribution in [0.5, 0.6) is 0 Å². The average molecular weight is 423 g/mol. The number of halogens is 1. The first-order valence-electron chi connectivity index (χ1n) is 9.66. The molecule has 1 saturated heterocycles. The molecule has 2 heterocycles. The van der Waals surface area contributed by atoms with E-state index >= 15 is 0 Å². The van der Waals surface area contributed by atoms with E-state index in [1.807, 2.05) is 0 Å². The fraction of sp³-hybridized carbons (Fsp3) is 0.227. The SMILES string of the molecule is Cc1cccc(C(=O)NCc2cccc3c2C(=O)N(C2CCC(=O)NC2=O)C3=O)c1F. The van der Waals surface area contributed by atoms with E-state index < -0.39 is 41.4 Å². The summed E-state index contributed by atoms with van der Waals surface area (Å²) in [5.74, 6) is -3.74. The summed E-state index contributed by atoms with van der Waals surface area (Å²) in [6.07, 6.45) is 0.0730. The molecule has 0 saturated carbocycles. The number of nitrogens with zero attached hydrogens (tertiary/aromatic N) is 1. The predicted molar refractivity (Wildman–Crippen MR) is 105 cm³/mol. The van der Waals surface area contributed by atoms with Gasteiger partial charge in [0.15, 0.2) is 0 Å². The lowest BCUT2D eigenvalue weighted by Gasteiger charge is -2.27. The van der Waals surface area contributed by atoms with Crippen LogP contribution in [0.4, 0.5) is 4.39 Å². The van der Waals surface area contributed by atoms with Crippen LogP contribution in [0.2, 0.25) is 0 Å². The molecule has 8 nitrogen and oxygen atoms in total.